The lowest BCUT2D eigenvalue weighted by Gasteiger charge is -2.32. The number of anilines is 3. The average Bonchev–Trinajstić information content (AvgIpc) is 1.60. The van der Waals surface area contributed by atoms with E-state index in [0.29, 0.717) is 73.8 Å². The molecule has 0 unspecified atom stereocenters. The van der Waals surface area contributed by atoms with Crippen molar-refractivity contribution in [1.29, 1.82) is 0 Å². The molecule has 6 aromatic heterocycles. The van der Waals surface area contributed by atoms with Crippen LogP contribution in [0, 0.1) is 59.4 Å². The van der Waals surface area contributed by atoms with Gasteiger partial charge in [0.15, 0.2) is 0 Å². The lowest BCUT2D eigenvalue weighted by Crippen LogP contribution is -2.41. The van der Waals surface area contributed by atoms with Gasteiger partial charge in [0.05, 0.1) is 47.0 Å². The summed E-state index contributed by atoms with van der Waals surface area (Å²) in [4.78, 5) is 12.7. The van der Waals surface area contributed by atoms with E-state index in [2.05, 4.69) is 20.4 Å². The molecule has 23 heteroatoms. The molecule has 2 aliphatic rings. The van der Waals surface area contributed by atoms with Gasteiger partial charge in [-0.3, -0.25) is 14.2 Å². The van der Waals surface area contributed by atoms with E-state index in [1.54, 1.807) is 79.6 Å². The fourth-order valence-corrected chi connectivity index (χ4v) is 12.7. The first-order valence-corrected chi connectivity index (χ1v) is 34.0. The minimum atomic E-state index is -0.638. The molecule has 8 aromatic carbocycles. The van der Waals surface area contributed by atoms with Crippen LogP contribution < -0.4 is 22.7 Å². The van der Waals surface area contributed by atoms with Crippen molar-refractivity contribution in [2.45, 2.75) is 71.5 Å². The molecule has 0 atom stereocenters. The number of aryl methyl sites for hydroxylation is 3. The topological polar surface area (TPSA) is 184 Å². The predicted octanol–water partition coefficient (Wildman–Crippen LogP) is 18.2. The van der Waals surface area contributed by atoms with Crippen LogP contribution in [0.15, 0.2) is 219 Å². The first-order valence-electron chi connectivity index (χ1n) is 34.0. The van der Waals surface area contributed by atoms with Gasteiger partial charge < -0.3 is 26.5 Å². The van der Waals surface area contributed by atoms with Crippen molar-refractivity contribution >= 4 is 46.5 Å². The van der Waals surface area contributed by atoms with E-state index in [1.807, 2.05) is 134 Å². The number of halogens is 8. The number of hydrogen-bond acceptors (Lipinski definition) is 10. The van der Waals surface area contributed by atoms with Crippen molar-refractivity contribution < 1.29 is 49.2 Å². The number of nitrogen functional groups attached to an aromatic ring is 3. The molecule has 2 fully saturated rings. The Morgan fingerprint density at radius 1 is 0.425 bits per heavy atom. The van der Waals surface area contributed by atoms with Gasteiger partial charge >= 0.3 is 7.12 Å². The third-order valence-corrected chi connectivity index (χ3v) is 18.9. The summed E-state index contributed by atoms with van der Waals surface area (Å²) in [5.74, 6) is -4.24. The Morgan fingerprint density at radius 3 is 1.20 bits per heavy atom. The number of pyridine rings is 2. The fourth-order valence-electron chi connectivity index (χ4n) is 12.7. The molecule has 14 nitrogen and oxygen atoms in total. The van der Waals surface area contributed by atoms with Gasteiger partial charge in [0.25, 0.3) is 0 Å². The van der Waals surface area contributed by atoms with Crippen LogP contribution in [0.4, 0.5) is 52.2 Å². The Hall–Kier alpha value is -11.9. The van der Waals surface area contributed by atoms with Gasteiger partial charge in [-0.15, -0.1) is 0 Å². The molecular weight excluding hydrogens is 1360 g/mol. The highest BCUT2D eigenvalue weighted by Gasteiger charge is 2.52. The summed E-state index contributed by atoms with van der Waals surface area (Å²) in [5.41, 5.74) is 33.5. The summed E-state index contributed by atoms with van der Waals surface area (Å²) < 4.78 is 128. The SMILES string of the molecule is CC1(C)OB(c2cc(N)cc(-c3ccc(F)cc3F)c2)OC1(C)C.Cc1cc(N)cc(-c2ccc(F)cc2F)c1.Cn1cc(-c2ccc3c(-c4cc(CC(=O)CC5CC5)cc(-c5ccc(F)cc5F)c4)cnn3c2)cn1.Cn1cc(-c2ccc3c(-c4cc(N)cc(-c5ccc(F)cc5F)c4)cnn3c2)cn1. The van der Waals surface area contributed by atoms with Gasteiger partial charge in [-0.1, -0.05) is 36.4 Å². The Balaban J connectivity index is 0.000000130. The lowest BCUT2D eigenvalue weighted by atomic mass is 9.77. The Kier molecular flexibility index (Phi) is 20.3. The van der Waals surface area contributed by atoms with E-state index in [-0.39, 0.29) is 17.8 Å². The summed E-state index contributed by atoms with van der Waals surface area (Å²) in [7, 11) is 3.15. The van der Waals surface area contributed by atoms with Crippen LogP contribution in [-0.2, 0) is 34.6 Å². The van der Waals surface area contributed by atoms with Crippen molar-refractivity contribution in [3.63, 3.8) is 0 Å². The summed E-state index contributed by atoms with van der Waals surface area (Å²) in [5, 5.41) is 17.5. The standard InChI is InChI=1S/C29H24F2N4O.C23H17F2N5.C18H20BF2NO2.C13H11F2N/c1-34-16-23(14-32-34)20-4-7-29-27(15-33-35(29)17-20)22-9-19(11-25(36)10-18-2-3-18)8-21(12-22)26-6-5-24(30)13-28(26)31;1-29-12-17(10-27-29)14-2-5-23-21(11-28-30(23)13-14)16-6-15(7-19(26)8-16)20-4-3-18(24)9-22(20)25;1-17(2)18(3,4)24-19(23-17)12-7-11(8-14(22)9-12)15-6-5-13(20)10-16(15)21;1-8-4-9(6-11(16)5-8)12-3-2-10(14)7-13(12)15/h4-9,12-18H,2-3,10-11H2,1H3;2-13H,26H2,1H3;5-10H,22H2,1-4H3;2-7H,16H2,1H3. The maximum Gasteiger partial charge on any atom is 0.494 e. The Bertz CT molecular complexity index is 5630. The summed E-state index contributed by atoms with van der Waals surface area (Å²) in [6, 6.07) is 43.5. The lowest BCUT2D eigenvalue weighted by molar-refractivity contribution is -0.118. The van der Waals surface area contributed by atoms with Crippen LogP contribution >= 0.6 is 0 Å². The second-order valence-corrected chi connectivity index (χ2v) is 27.6. The van der Waals surface area contributed by atoms with Gasteiger partial charge in [-0.25, -0.2) is 44.2 Å². The van der Waals surface area contributed by atoms with Crippen molar-refractivity contribution in [3.05, 3.63) is 277 Å². The van der Waals surface area contributed by atoms with Crippen LogP contribution in [0.3, 0.4) is 0 Å². The highest BCUT2D eigenvalue weighted by atomic mass is 19.2. The Morgan fingerprint density at radius 2 is 0.802 bits per heavy atom. The van der Waals surface area contributed by atoms with Gasteiger partial charge in [0.2, 0.25) is 0 Å². The van der Waals surface area contributed by atoms with Gasteiger partial charge in [-0.05, 0) is 213 Å². The highest BCUT2D eigenvalue weighted by Crippen LogP contribution is 2.40. The minimum Gasteiger partial charge on any atom is -0.399 e. The van der Waals surface area contributed by atoms with Crippen LogP contribution in [0.2, 0.25) is 0 Å². The number of nitrogens with zero attached hydrogens (tertiary/aromatic N) is 8. The normalized spacial score (nSPS) is 13.6. The molecule has 1 saturated carbocycles. The third kappa shape index (κ3) is 16.4. The molecule has 0 amide bonds. The monoisotopic (exact) mass is 1430 g/mol. The molecule has 1 aliphatic heterocycles. The van der Waals surface area contributed by atoms with Crippen LogP contribution in [0.5, 0.6) is 0 Å². The zero-order valence-electron chi connectivity index (χ0n) is 58.8. The van der Waals surface area contributed by atoms with Crippen LogP contribution in [-0.4, -0.2) is 62.9 Å². The zero-order valence-corrected chi connectivity index (χ0v) is 58.8. The zero-order chi connectivity index (χ0) is 75.0. The number of hydrogen-bond donors (Lipinski definition) is 3. The predicted molar refractivity (Wildman–Crippen MR) is 400 cm³/mol. The first kappa shape index (κ1) is 72.4. The Labute approximate surface area is 606 Å². The minimum absolute atomic E-state index is 0.182. The molecule has 106 heavy (non-hydrogen) atoms. The molecule has 0 spiro atoms. The van der Waals surface area contributed by atoms with Crippen molar-refractivity contribution in [3.8, 4) is 89.0 Å². The van der Waals surface area contributed by atoms with E-state index in [0.717, 1.165) is 104 Å². The largest absolute Gasteiger partial charge is 0.494 e. The first-order chi connectivity index (χ1) is 50.5. The van der Waals surface area contributed by atoms with E-state index in [1.165, 1.54) is 48.5 Å². The number of fused-ring (bicyclic) bond motifs is 2. The van der Waals surface area contributed by atoms with E-state index in [9.17, 15) is 39.9 Å². The van der Waals surface area contributed by atoms with Gasteiger partial charge in [-0.2, -0.15) is 20.4 Å². The molecule has 0 bridgehead atoms. The maximum absolute atomic E-state index is 14.7. The van der Waals surface area contributed by atoms with Crippen LogP contribution in [0.1, 0.15) is 58.1 Å². The second-order valence-electron chi connectivity index (χ2n) is 27.6. The molecule has 536 valence electrons. The van der Waals surface area contributed by atoms with E-state index < -0.39 is 64.9 Å². The average molecular weight is 1430 g/mol. The molecular formula is C83H72BF8N11O3. The molecule has 7 heterocycles. The molecule has 0 radical (unpaired) electrons. The number of Topliss-reactive ketones (excluding diaryl/α,β-unsaturated/α-hetero) is 1. The summed E-state index contributed by atoms with van der Waals surface area (Å²) >= 11 is 0. The number of nitrogens with two attached hydrogens (primary N) is 3. The fraction of sp³-hybridized carbons (Fsp3) is 0.169. The number of ketones is 1. The van der Waals surface area contributed by atoms with Gasteiger partial charge in [0.1, 0.15) is 52.3 Å². The maximum atomic E-state index is 14.7. The quantitative estimate of drug-likeness (QED) is 0.0570. The molecule has 1 aliphatic carbocycles. The number of carbonyl (C=O) groups is 1. The molecule has 14 aromatic rings. The smallest absolute Gasteiger partial charge is 0.399 e. The second kappa shape index (κ2) is 29.7. The van der Waals surface area contributed by atoms with E-state index >= 15 is 0 Å². The number of rotatable bonds is 13. The van der Waals surface area contributed by atoms with Crippen LogP contribution in [0.25, 0.3) is 100 Å². The summed E-state index contributed by atoms with van der Waals surface area (Å²) in [6.07, 6.45) is 18.0. The number of benzene rings is 8. The van der Waals surface area contributed by atoms with Crippen molar-refractivity contribution in [1.82, 2.24) is 38.8 Å². The molecule has 6 N–H and O–H groups in total. The van der Waals surface area contributed by atoms with Crippen molar-refractivity contribution in [2.24, 2.45) is 20.0 Å². The summed E-state index contributed by atoms with van der Waals surface area (Å²) in [6.45, 7) is 9.71. The highest BCUT2D eigenvalue weighted by molar-refractivity contribution is 6.62. The molecule has 1 saturated heterocycles. The number of carbonyl (C=O) groups excluding carboxylic acids is 1. The molecule has 16 rings (SSSR count). The van der Waals surface area contributed by atoms with E-state index in [4.69, 9.17) is 26.5 Å². The van der Waals surface area contributed by atoms with Crippen molar-refractivity contribution in [2.75, 3.05) is 17.2 Å². The van der Waals surface area contributed by atoms with Gasteiger partial charge in [0, 0.05) is 149 Å². The third-order valence-electron chi connectivity index (χ3n) is 18.9. The number of aromatic nitrogens is 8.